The van der Waals surface area contributed by atoms with Crippen molar-refractivity contribution in [3.8, 4) is 11.4 Å². The van der Waals surface area contributed by atoms with E-state index in [1.54, 1.807) is 0 Å². The van der Waals surface area contributed by atoms with Gasteiger partial charge in [0.1, 0.15) is 0 Å². The molecule has 0 aliphatic heterocycles. The molecule has 6 heteroatoms. The second kappa shape index (κ2) is 6.24. The Balaban J connectivity index is 2.12. The second-order valence-corrected chi connectivity index (χ2v) is 5.74. The number of benzene rings is 1. The van der Waals surface area contributed by atoms with Crippen molar-refractivity contribution in [1.29, 1.82) is 0 Å². The standard InChI is InChI=1S/C17H21N5O/c1-3-4-9-22-17(19-16(20-22)11-15(18)23)13-6-5-7-14-12(13)8-10-21(14)2/h5-8,10H,3-4,9,11H2,1-2H3,(H2,18,23). The van der Waals surface area contributed by atoms with Crippen molar-refractivity contribution in [3.63, 3.8) is 0 Å². The van der Waals surface area contributed by atoms with Gasteiger partial charge in [-0.05, 0) is 18.6 Å². The third-order valence-electron chi connectivity index (χ3n) is 3.94. The highest BCUT2D eigenvalue weighted by Gasteiger charge is 2.16. The first kappa shape index (κ1) is 15.3. The molecule has 0 aliphatic rings. The first-order chi connectivity index (χ1) is 11.1. The van der Waals surface area contributed by atoms with Gasteiger partial charge in [-0.2, -0.15) is 5.10 Å². The van der Waals surface area contributed by atoms with Crippen LogP contribution in [0.2, 0.25) is 0 Å². The summed E-state index contributed by atoms with van der Waals surface area (Å²) in [6, 6.07) is 8.22. The average Bonchev–Trinajstić information content (AvgIpc) is 3.08. The second-order valence-electron chi connectivity index (χ2n) is 5.74. The number of hydrogen-bond acceptors (Lipinski definition) is 3. The molecule has 2 heterocycles. The largest absolute Gasteiger partial charge is 0.369 e. The maximum Gasteiger partial charge on any atom is 0.225 e. The Bertz CT molecular complexity index is 846. The first-order valence-corrected chi connectivity index (χ1v) is 7.86. The van der Waals surface area contributed by atoms with Gasteiger partial charge in [-0.25, -0.2) is 9.67 Å². The zero-order chi connectivity index (χ0) is 16.4. The summed E-state index contributed by atoms with van der Waals surface area (Å²) in [4.78, 5) is 15.8. The molecule has 2 N–H and O–H groups in total. The summed E-state index contributed by atoms with van der Waals surface area (Å²) >= 11 is 0. The van der Waals surface area contributed by atoms with Gasteiger partial charge in [0.05, 0.1) is 6.42 Å². The molecule has 3 aromatic rings. The van der Waals surface area contributed by atoms with Crippen LogP contribution in [0.1, 0.15) is 25.6 Å². The van der Waals surface area contributed by atoms with Gasteiger partial charge < -0.3 is 10.3 Å². The van der Waals surface area contributed by atoms with E-state index in [-0.39, 0.29) is 6.42 Å². The van der Waals surface area contributed by atoms with Crippen LogP contribution < -0.4 is 5.73 Å². The molecule has 2 aromatic heterocycles. The SMILES string of the molecule is CCCCn1nc(CC(N)=O)nc1-c1cccc2c1ccn2C. The zero-order valence-electron chi connectivity index (χ0n) is 13.5. The van der Waals surface area contributed by atoms with Crippen molar-refractivity contribution in [3.05, 3.63) is 36.3 Å². The summed E-state index contributed by atoms with van der Waals surface area (Å²) in [5.41, 5.74) is 7.46. The number of primary amides is 1. The Morgan fingerprint density at radius 1 is 1.30 bits per heavy atom. The van der Waals surface area contributed by atoms with E-state index in [9.17, 15) is 4.79 Å². The van der Waals surface area contributed by atoms with Gasteiger partial charge >= 0.3 is 0 Å². The third-order valence-corrected chi connectivity index (χ3v) is 3.94. The average molecular weight is 311 g/mol. The van der Waals surface area contributed by atoms with Crippen LogP contribution >= 0.6 is 0 Å². The number of aromatic nitrogens is 4. The maximum absolute atomic E-state index is 11.2. The van der Waals surface area contributed by atoms with E-state index in [0.717, 1.165) is 41.7 Å². The number of amides is 1. The van der Waals surface area contributed by atoms with Crippen LogP contribution in [0, 0.1) is 0 Å². The Morgan fingerprint density at radius 3 is 2.87 bits per heavy atom. The summed E-state index contributed by atoms with van der Waals surface area (Å²) in [5.74, 6) is 0.866. The van der Waals surface area contributed by atoms with Crippen molar-refractivity contribution in [2.75, 3.05) is 0 Å². The molecular formula is C17H21N5O. The monoisotopic (exact) mass is 311 g/mol. The molecule has 1 aromatic carbocycles. The molecule has 0 fully saturated rings. The number of fused-ring (bicyclic) bond motifs is 1. The lowest BCUT2D eigenvalue weighted by molar-refractivity contribution is -0.117. The quantitative estimate of drug-likeness (QED) is 0.758. The normalized spacial score (nSPS) is 11.2. The van der Waals surface area contributed by atoms with E-state index in [4.69, 9.17) is 5.73 Å². The predicted molar refractivity (Wildman–Crippen MR) is 89.7 cm³/mol. The van der Waals surface area contributed by atoms with E-state index in [2.05, 4.69) is 33.7 Å². The van der Waals surface area contributed by atoms with Crippen LogP contribution in [0.4, 0.5) is 0 Å². The van der Waals surface area contributed by atoms with Crippen molar-refractivity contribution in [2.24, 2.45) is 12.8 Å². The molecule has 23 heavy (non-hydrogen) atoms. The van der Waals surface area contributed by atoms with Gasteiger partial charge in [0, 0.05) is 36.3 Å². The lowest BCUT2D eigenvalue weighted by Gasteiger charge is -2.07. The maximum atomic E-state index is 11.2. The minimum absolute atomic E-state index is 0.0664. The van der Waals surface area contributed by atoms with E-state index in [1.807, 2.05) is 30.1 Å². The minimum Gasteiger partial charge on any atom is -0.369 e. The van der Waals surface area contributed by atoms with Crippen LogP contribution in [0.3, 0.4) is 0 Å². The van der Waals surface area contributed by atoms with Crippen molar-refractivity contribution < 1.29 is 4.79 Å². The van der Waals surface area contributed by atoms with Crippen LogP contribution in [-0.2, 0) is 24.8 Å². The Labute approximate surface area is 134 Å². The third kappa shape index (κ3) is 2.97. The fraction of sp³-hybridized carbons (Fsp3) is 0.353. The summed E-state index contributed by atoms with van der Waals surface area (Å²) in [7, 11) is 2.02. The highest BCUT2D eigenvalue weighted by Crippen LogP contribution is 2.28. The minimum atomic E-state index is -0.415. The number of carbonyl (C=O) groups is 1. The molecule has 0 bridgehead atoms. The number of rotatable bonds is 6. The molecular weight excluding hydrogens is 290 g/mol. The number of hydrogen-bond donors (Lipinski definition) is 1. The van der Waals surface area contributed by atoms with Crippen molar-refractivity contribution in [2.45, 2.75) is 32.7 Å². The van der Waals surface area contributed by atoms with Gasteiger partial charge in [-0.3, -0.25) is 4.79 Å². The number of nitrogens with two attached hydrogens (primary N) is 1. The van der Waals surface area contributed by atoms with Crippen LogP contribution in [0.15, 0.2) is 30.5 Å². The molecule has 0 saturated carbocycles. The van der Waals surface area contributed by atoms with Crippen LogP contribution in [0.5, 0.6) is 0 Å². The predicted octanol–water partition coefficient (Wildman–Crippen LogP) is 2.26. The molecule has 6 nitrogen and oxygen atoms in total. The molecule has 3 rings (SSSR count). The van der Waals surface area contributed by atoms with Gasteiger partial charge in [0.2, 0.25) is 5.91 Å². The van der Waals surface area contributed by atoms with Gasteiger partial charge in [-0.1, -0.05) is 25.5 Å². The molecule has 0 unspecified atom stereocenters. The summed E-state index contributed by atoms with van der Waals surface area (Å²) in [5, 5.41) is 5.61. The summed E-state index contributed by atoms with van der Waals surface area (Å²) < 4.78 is 3.97. The van der Waals surface area contributed by atoms with Crippen molar-refractivity contribution in [1.82, 2.24) is 19.3 Å². The molecule has 120 valence electrons. The Morgan fingerprint density at radius 2 is 2.13 bits per heavy atom. The fourth-order valence-corrected chi connectivity index (χ4v) is 2.78. The van der Waals surface area contributed by atoms with E-state index >= 15 is 0 Å². The number of unbranched alkanes of at least 4 members (excludes halogenated alkanes) is 1. The highest BCUT2D eigenvalue weighted by atomic mass is 16.1. The lowest BCUT2D eigenvalue weighted by Crippen LogP contribution is -2.14. The Hall–Kier alpha value is -2.63. The fourth-order valence-electron chi connectivity index (χ4n) is 2.78. The van der Waals surface area contributed by atoms with Crippen LogP contribution in [-0.4, -0.2) is 25.2 Å². The smallest absolute Gasteiger partial charge is 0.225 e. The lowest BCUT2D eigenvalue weighted by atomic mass is 10.1. The molecule has 0 aliphatic carbocycles. The number of carbonyl (C=O) groups excluding carboxylic acids is 1. The van der Waals surface area contributed by atoms with Crippen LogP contribution in [0.25, 0.3) is 22.3 Å². The number of nitrogens with zero attached hydrogens (tertiary/aromatic N) is 4. The van der Waals surface area contributed by atoms with Gasteiger partial charge in [0.25, 0.3) is 0 Å². The zero-order valence-corrected chi connectivity index (χ0v) is 13.5. The molecule has 0 radical (unpaired) electrons. The molecule has 0 spiro atoms. The van der Waals surface area contributed by atoms with E-state index in [0.29, 0.717) is 5.82 Å². The molecule has 0 atom stereocenters. The van der Waals surface area contributed by atoms with Crippen molar-refractivity contribution >= 4 is 16.8 Å². The molecule has 1 amide bonds. The van der Waals surface area contributed by atoms with Gasteiger partial charge in [-0.15, -0.1) is 0 Å². The van der Waals surface area contributed by atoms with E-state index < -0.39 is 5.91 Å². The highest BCUT2D eigenvalue weighted by molar-refractivity contribution is 5.93. The summed E-state index contributed by atoms with van der Waals surface area (Å²) in [6.07, 6.45) is 4.18. The first-order valence-electron chi connectivity index (χ1n) is 7.86. The van der Waals surface area contributed by atoms with Gasteiger partial charge in [0.15, 0.2) is 11.6 Å². The number of aryl methyl sites for hydroxylation is 2. The van der Waals surface area contributed by atoms with E-state index in [1.165, 1.54) is 0 Å². The summed E-state index contributed by atoms with van der Waals surface area (Å²) in [6.45, 7) is 2.92. The topological polar surface area (TPSA) is 78.7 Å². The Kier molecular flexibility index (Phi) is 4.14. The molecule has 0 saturated heterocycles.